The Hall–Kier alpha value is -3.45. The molecule has 12 heteroatoms. The first kappa shape index (κ1) is 27.1. The Labute approximate surface area is 226 Å². The minimum atomic E-state index is -0.835. The molecular formula is C27H33FN6O5. The number of hydrogen-bond donors (Lipinski definition) is 2. The molecule has 0 unspecified atom stereocenters. The number of H-pyrrole nitrogens is 1. The highest BCUT2D eigenvalue weighted by Gasteiger charge is 2.40. The Bertz CT molecular complexity index is 1260. The van der Waals surface area contributed by atoms with Crippen LogP contribution in [0.25, 0.3) is 22.6 Å². The topological polar surface area (TPSA) is 124 Å². The molecule has 0 spiro atoms. The van der Waals surface area contributed by atoms with Crippen molar-refractivity contribution in [2.45, 2.75) is 19.6 Å². The second-order valence-electron chi connectivity index (χ2n) is 9.81. The van der Waals surface area contributed by atoms with Gasteiger partial charge in [-0.05, 0) is 43.7 Å². The van der Waals surface area contributed by atoms with Gasteiger partial charge in [0.25, 0.3) is 0 Å². The number of nitrogens with one attached hydrogen (secondary N) is 2. The number of carbonyl (C=O) groups excluding carboxylic acids is 1. The van der Waals surface area contributed by atoms with Crippen molar-refractivity contribution < 1.29 is 28.1 Å². The zero-order valence-electron chi connectivity index (χ0n) is 22.1. The Morgan fingerprint density at radius 2 is 1.92 bits per heavy atom. The molecule has 2 N–H and O–H groups in total. The van der Waals surface area contributed by atoms with Crippen molar-refractivity contribution in [3.05, 3.63) is 48.2 Å². The molecule has 5 rings (SSSR count). The number of imidazole rings is 1. The van der Waals surface area contributed by atoms with Gasteiger partial charge in [0, 0.05) is 45.1 Å². The van der Waals surface area contributed by atoms with Crippen molar-refractivity contribution in [1.82, 2.24) is 25.3 Å². The van der Waals surface area contributed by atoms with E-state index in [2.05, 4.69) is 20.2 Å². The number of aromatic nitrogens is 4. The predicted molar refractivity (Wildman–Crippen MR) is 140 cm³/mol. The number of anilines is 1. The quantitative estimate of drug-likeness (QED) is 0.394. The van der Waals surface area contributed by atoms with Crippen LogP contribution < -0.4 is 10.2 Å². The summed E-state index contributed by atoms with van der Waals surface area (Å²) in [5.41, 5.74) is 1.70. The van der Waals surface area contributed by atoms with E-state index in [0.717, 1.165) is 6.42 Å². The number of nitrogens with zero attached hydrogens (tertiary/aromatic N) is 4. The number of halogens is 1. The fraction of sp³-hybridized carbons (Fsp3) is 0.481. The summed E-state index contributed by atoms with van der Waals surface area (Å²) in [7, 11) is 1.63. The van der Waals surface area contributed by atoms with Crippen molar-refractivity contribution >= 4 is 11.9 Å². The summed E-state index contributed by atoms with van der Waals surface area (Å²) in [6, 6.07) is 7.89. The monoisotopic (exact) mass is 540 g/mol. The van der Waals surface area contributed by atoms with Crippen LogP contribution >= 0.6 is 0 Å². The summed E-state index contributed by atoms with van der Waals surface area (Å²) in [6.45, 7) is 5.83. The van der Waals surface area contributed by atoms with E-state index in [0.29, 0.717) is 73.9 Å². The second kappa shape index (κ2) is 12.2. The molecule has 2 aliphatic heterocycles. The van der Waals surface area contributed by atoms with Crippen molar-refractivity contribution in [3.63, 3.8) is 0 Å². The van der Waals surface area contributed by atoms with Gasteiger partial charge in [0.1, 0.15) is 5.82 Å². The van der Waals surface area contributed by atoms with Crippen LogP contribution in [-0.4, -0.2) is 85.6 Å². The second-order valence-corrected chi connectivity index (χ2v) is 9.81. The molecule has 0 bridgehead atoms. The number of rotatable bonds is 9. The summed E-state index contributed by atoms with van der Waals surface area (Å²) in [5, 5.41) is 2.92. The maximum atomic E-state index is 13.7. The molecule has 11 nitrogen and oxygen atoms in total. The van der Waals surface area contributed by atoms with Crippen molar-refractivity contribution in [2.24, 2.45) is 5.41 Å². The normalized spacial score (nSPS) is 21.6. The lowest BCUT2D eigenvalue weighted by Gasteiger charge is -2.35. The van der Waals surface area contributed by atoms with E-state index < -0.39 is 11.7 Å². The molecule has 208 valence electrons. The maximum absolute atomic E-state index is 13.7. The first-order valence-corrected chi connectivity index (χ1v) is 13.0. The molecule has 0 aliphatic carbocycles. The van der Waals surface area contributed by atoms with Gasteiger partial charge in [0.2, 0.25) is 18.1 Å². The van der Waals surface area contributed by atoms with Crippen molar-refractivity contribution in [2.75, 3.05) is 64.7 Å². The third-order valence-electron chi connectivity index (χ3n) is 6.72. The summed E-state index contributed by atoms with van der Waals surface area (Å²) in [4.78, 5) is 32.1. The number of methoxy groups -OCH3 is 1. The van der Waals surface area contributed by atoms with Crippen LogP contribution in [0.3, 0.4) is 0 Å². The zero-order chi connectivity index (χ0) is 27.2. The minimum Gasteiger partial charge on any atom is -0.385 e. The number of aromatic amines is 1. The fourth-order valence-corrected chi connectivity index (χ4v) is 4.44. The standard InChI is InChI=1S/C27H33FN6O5/c1-27(25(35)29-9-3-13-36-2)16-38-24(39-17-27)23-32-21(18-4-6-19(28)7-5-18)22(33-23)20-8-10-30-26(31-20)34-11-14-37-15-12-34/h4-8,10,24H,3,9,11-17H2,1-2H3,(H,29,35)(H,32,33). The number of morpholine rings is 1. The average Bonchev–Trinajstić information content (AvgIpc) is 3.42. The molecule has 1 amide bonds. The Morgan fingerprint density at radius 1 is 1.18 bits per heavy atom. The average molecular weight is 541 g/mol. The maximum Gasteiger partial charge on any atom is 0.230 e. The van der Waals surface area contributed by atoms with Gasteiger partial charge in [-0.25, -0.2) is 19.3 Å². The SMILES string of the molecule is COCCCNC(=O)C1(C)COC(c2nc(-c3ccc(F)cc3)c(-c3ccnc(N4CCOCC4)n3)[nH]2)OC1. The smallest absolute Gasteiger partial charge is 0.230 e. The van der Waals surface area contributed by atoms with Crippen LogP contribution in [0.4, 0.5) is 10.3 Å². The number of carbonyl (C=O) groups is 1. The highest BCUT2D eigenvalue weighted by Crippen LogP contribution is 2.35. The molecule has 2 saturated heterocycles. The number of hydrogen-bond acceptors (Lipinski definition) is 9. The van der Waals surface area contributed by atoms with Crippen LogP contribution in [0.5, 0.6) is 0 Å². The minimum absolute atomic E-state index is 0.138. The van der Waals surface area contributed by atoms with Crippen LogP contribution in [0.2, 0.25) is 0 Å². The first-order valence-electron chi connectivity index (χ1n) is 13.0. The Morgan fingerprint density at radius 3 is 2.64 bits per heavy atom. The summed E-state index contributed by atoms with van der Waals surface area (Å²) < 4.78 is 36.2. The lowest BCUT2D eigenvalue weighted by atomic mass is 9.91. The third kappa shape index (κ3) is 6.25. The van der Waals surface area contributed by atoms with Gasteiger partial charge >= 0.3 is 0 Å². The highest BCUT2D eigenvalue weighted by atomic mass is 19.1. The first-order chi connectivity index (χ1) is 19.0. The molecule has 39 heavy (non-hydrogen) atoms. The molecular weight excluding hydrogens is 507 g/mol. The van der Waals surface area contributed by atoms with Gasteiger partial charge in [-0.3, -0.25) is 4.79 Å². The van der Waals surface area contributed by atoms with E-state index in [1.54, 1.807) is 38.4 Å². The van der Waals surface area contributed by atoms with E-state index in [1.807, 2.05) is 0 Å². The predicted octanol–water partition coefficient (Wildman–Crippen LogP) is 2.71. The van der Waals surface area contributed by atoms with Crippen molar-refractivity contribution in [1.29, 1.82) is 0 Å². The zero-order valence-corrected chi connectivity index (χ0v) is 22.1. The van der Waals surface area contributed by atoms with E-state index >= 15 is 0 Å². The molecule has 2 aromatic heterocycles. The van der Waals surface area contributed by atoms with Gasteiger partial charge in [0.05, 0.1) is 48.9 Å². The molecule has 1 aromatic carbocycles. The molecule has 4 heterocycles. The summed E-state index contributed by atoms with van der Waals surface area (Å²) >= 11 is 0. The fourth-order valence-electron chi connectivity index (χ4n) is 4.44. The van der Waals surface area contributed by atoms with Gasteiger partial charge in [-0.1, -0.05) is 0 Å². The molecule has 2 aliphatic rings. The van der Waals surface area contributed by atoms with Crippen LogP contribution in [0.15, 0.2) is 36.5 Å². The van der Waals surface area contributed by atoms with Gasteiger partial charge < -0.3 is 34.1 Å². The van der Waals surface area contributed by atoms with Crippen LogP contribution in [-0.2, 0) is 23.7 Å². The Kier molecular flexibility index (Phi) is 8.46. The number of amides is 1. The third-order valence-corrected chi connectivity index (χ3v) is 6.72. The molecule has 0 radical (unpaired) electrons. The summed E-state index contributed by atoms with van der Waals surface area (Å²) in [5.74, 6) is 0.542. The molecule has 3 aromatic rings. The largest absolute Gasteiger partial charge is 0.385 e. The van der Waals surface area contributed by atoms with E-state index in [-0.39, 0.29) is 24.9 Å². The number of benzene rings is 1. The van der Waals surface area contributed by atoms with E-state index in [1.165, 1.54) is 12.1 Å². The number of ether oxygens (including phenoxy) is 4. The van der Waals surface area contributed by atoms with Gasteiger partial charge in [-0.2, -0.15) is 0 Å². The van der Waals surface area contributed by atoms with Crippen LogP contribution in [0, 0.1) is 11.2 Å². The molecule has 0 atom stereocenters. The van der Waals surface area contributed by atoms with Gasteiger partial charge in [-0.15, -0.1) is 0 Å². The Balaban J connectivity index is 1.38. The lowest BCUT2D eigenvalue weighted by Crippen LogP contribution is -2.48. The summed E-state index contributed by atoms with van der Waals surface area (Å²) in [6.07, 6.45) is 1.61. The van der Waals surface area contributed by atoms with E-state index in [4.69, 9.17) is 28.9 Å². The van der Waals surface area contributed by atoms with E-state index in [9.17, 15) is 9.18 Å². The molecule has 0 saturated carbocycles. The van der Waals surface area contributed by atoms with Gasteiger partial charge in [0.15, 0.2) is 5.82 Å². The highest BCUT2D eigenvalue weighted by molar-refractivity contribution is 5.82. The van der Waals surface area contributed by atoms with Crippen LogP contribution in [0.1, 0.15) is 25.5 Å². The molecule has 2 fully saturated rings. The van der Waals surface area contributed by atoms with Crippen molar-refractivity contribution in [3.8, 4) is 22.6 Å². The lowest BCUT2D eigenvalue weighted by molar-refractivity contribution is -0.231.